The highest BCUT2D eigenvalue weighted by molar-refractivity contribution is 6.06. The fourth-order valence-electron chi connectivity index (χ4n) is 3.36. The molecule has 0 spiro atoms. The second-order valence-corrected chi connectivity index (χ2v) is 6.99. The molecule has 4 rings (SSSR count). The fraction of sp³-hybridized carbons (Fsp3) is 0.167. The maximum atomic E-state index is 12.8. The van der Waals surface area contributed by atoms with E-state index in [1.165, 1.54) is 14.2 Å². The van der Waals surface area contributed by atoms with E-state index in [2.05, 4.69) is 5.32 Å². The van der Waals surface area contributed by atoms with Gasteiger partial charge in [0.25, 0.3) is 11.8 Å². The van der Waals surface area contributed by atoms with Crippen LogP contribution < -0.4 is 24.4 Å². The van der Waals surface area contributed by atoms with Crippen molar-refractivity contribution >= 4 is 23.2 Å². The lowest BCUT2D eigenvalue weighted by Crippen LogP contribution is -2.38. The van der Waals surface area contributed by atoms with E-state index in [-0.39, 0.29) is 18.4 Å². The van der Waals surface area contributed by atoms with Crippen LogP contribution in [-0.4, -0.2) is 32.6 Å². The number of anilines is 2. The Morgan fingerprint density at radius 2 is 1.71 bits per heavy atom. The third-order valence-corrected chi connectivity index (χ3v) is 4.96. The van der Waals surface area contributed by atoms with Gasteiger partial charge in [0.15, 0.2) is 6.61 Å². The molecule has 0 bridgehead atoms. The van der Waals surface area contributed by atoms with E-state index in [1.807, 2.05) is 30.3 Å². The highest BCUT2D eigenvalue weighted by Gasteiger charge is 2.26. The largest absolute Gasteiger partial charge is 0.497 e. The number of methoxy groups -OCH3 is 2. The minimum Gasteiger partial charge on any atom is -0.497 e. The van der Waals surface area contributed by atoms with Crippen molar-refractivity contribution in [2.45, 2.75) is 6.54 Å². The summed E-state index contributed by atoms with van der Waals surface area (Å²) in [6.07, 6.45) is 0. The van der Waals surface area contributed by atoms with Gasteiger partial charge in [-0.1, -0.05) is 30.3 Å². The number of hydrogen-bond acceptors (Lipinski definition) is 5. The van der Waals surface area contributed by atoms with E-state index >= 15 is 0 Å². The van der Waals surface area contributed by atoms with E-state index < -0.39 is 0 Å². The zero-order valence-corrected chi connectivity index (χ0v) is 17.3. The van der Waals surface area contributed by atoms with Gasteiger partial charge in [0.05, 0.1) is 26.5 Å². The van der Waals surface area contributed by atoms with E-state index in [0.29, 0.717) is 40.7 Å². The molecule has 0 saturated heterocycles. The highest BCUT2D eigenvalue weighted by atomic mass is 16.5. The van der Waals surface area contributed by atoms with Gasteiger partial charge in [-0.25, -0.2) is 0 Å². The van der Waals surface area contributed by atoms with Gasteiger partial charge in [-0.2, -0.15) is 0 Å². The summed E-state index contributed by atoms with van der Waals surface area (Å²) < 4.78 is 16.0. The molecule has 158 valence electrons. The predicted molar refractivity (Wildman–Crippen MR) is 117 cm³/mol. The van der Waals surface area contributed by atoms with Crippen LogP contribution in [0.15, 0.2) is 66.7 Å². The molecule has 7 heteroatoms. The molecule has 1 aliphatic heterocycles. The Morgan fingerprint density at radius 3 is 2.39 bits per heavy atom. The van der Waals surface area contributed by atoms with Gasteiger partial charge in [0.1, 0.15) is 17.2 Å². The van der Waals surface area contributed by atoms with Gasteiger partial charge in [0.2, 0.25) is 0 Å². The van der Waals surface area contributed by atoms with Gasteiger partial charge in [-0.3, -0.25) is 9.59 Å². The average Bonchev–Trinajstić information content (AvgIpc) is 2.81. The number of carbonyl (C=O) groups excluding carboxylic acids is 2. The minimum absolute atomic E-state index is 0.0187. The number of rotatable bonds is 6. The summed E-state index contributed by atoms with van der Waals surface area (Å²) in [4.78, 5) is 27.0. The molecule has 0 aliphatic carbocycles. The number of carbonyl (C=O) groups is 2. The van der Waals surface area contributed by atoms with Gasteiger partial charge in [-0.15, -0.1) is 0 Å². The number of amides is 2. The Morgan fingerprint density at radius 1 is 1.00 bits per heavy atom. The molecular formula is C24H22N2O5. The predicted octanol–water partition coefficient (Wildman–Crippen LogP) is 3.88. The quantitative estimate of drug-likeness (QED) is 0.657. The Kier molecular flexibility index (Phi) is 5.75. The van der Waals surface area contributed by atoms with Gasteiger partial charge in [0, 0.05) is 17.3 Å². The summed E-state index contributed by atoms with van der Waals surface area (Å²) in [5.74, 6) is 1.16. The average molecular weight is 418 g/mol. The molecule has 0 aromatic heterocycles. The van der Waals surface area contributed by atoms with Crippen molar-refractivity contribution in [3.63, 3.8) is 0 Å². The van der Waals surface area contributed by atoms with E-state index in [0.717, 1.165) is 5.56 Å². The standard InChI is InChI=1S/C24H22N2O5/c1-29-19-10-17(11-20(13-19)30-2)24(28)25-18-8-9-22-21(12-18)26(23(27)15-31-22)14-16-6-4-3-5-7-16/h3-13H,14-15H2,1-2H3,(H,25,28). The number of fused-ring (bicyclic) bond motifs is 1. The number of nitrogens with one attached hydrogen (secondary N) is 1. The summed E-state index contributed by atoms with van der Waals surface area (Å²) in [5, 5.41) is 2.87. The van der Waals surface area contributed by atoms with Crippen LogP contribution in [0.1, 0.15) is 15.9 Å². The van der Waals surface area contributed by atoms with Crippen molar-refractivity contribution in [2.24, 2.45) is 0 Å². The molecule has 0 unspecified atom stereocenters. The van der Waals surface area contributed by atoms with E-state index in [9.17, 15) is 9.59 Å². The first kappa shape index (κ1) is 20.3. The maximum Gasteiger partial charge on any atom is 0.265 e. The second kappa shape index (κ2) is 8.79. The molecule has 0 saturated carbocycles. The van der Waals surface area contributed by atoms with E-state index in [1.54, 1.807) is 41.3 Å². The summed E-state index contributed by atoms with van der Waals surface area (Å²) in [7, 11) is 3.05. The number of hydrogen-bond donors (Lipinski definition) is 1. The van der Waals surface area contributed by atoms with Crippen LogP contribution >= 0.6 is 0 Å². The summed E-state index contributed by atoms with van der Waals surface area (Å²) in [6, 6.07) is 19.9. The summed E-state index contributed by atoms with van der Waals surface area (Å²) in [6.45, 7) is 0.398. The summed E-state index contributed by atoms with van der Waals surface area (Å²) in [5.41, 5.74) is 2.55. The first-order chi connectivity index (χ1) is 15.1. The zero-order chi connectivity index (χ0) is 21.8. The van der Waals surface area contributed by atoms with Crippen LogP contribution in [-0.2, 0) is 11.3 Å². The number of benzene rings is 3. The minimum atomic E-state index is -0.324. The van der Waals surface area contributed by atoms with Crippen LogP contribution in [0.2, 0.25) is 0 Å². The third-order valence-electron chi connectivity index (χ3n) is 4.96. The molecule has 2 amide bonds. The first-order valence-corrected chi connectivity index (χ1v) is 9.73. The van der Waals surface area contributed by atoms with Crippen LogP contribution in [0.4, 0.5) is 11.4 Å². The highest BCUT2D eigenvalue weighted by Crippen LogP contribution is 2.35. The van der Waals surface area contributed by atoms with Gasteiger partial charge < -0.3 is 24.4 Å². The second-order valence-electron chi connectivity index (χ2n) is 6.99. The SMILES string of the molecule is COc1cc(OC)cc(C(=O)Nc2ccc3c(c2)N(Cc2ccccc2)C(=O)CO3)c1. The van der Waals surface area contributed by atoms with Crippen molar-refractivity contribution < 1.29 is 23.8 Å². The molecule has 31 heavy (non-hydrogen) atoms. The topological polar surface area (TPSA) is 77.1 Å². The lowest BCUT2D eigenvalue weighted by atomic mass is 10.1. The lowest BCUT2D eigenvalue weighted by Gasteiger charge is -2.30. The number of ether oxygens (including phenoxy) is 3. The Bertz CT molecular complexity index is 1090. The molecule has 7 nitrogen and oxygen atoms in total. The van der Waals surface area contributed by atoms with Crippen LogP contribution in [0.25, 0.3) is 0 Å². The molecule has 3 aromatic rings. The molecule has 3 aromatic carbocycles. The maximum absolute atomic E-state index is 12.8. The van der Waals surface area contributed by atoms with Crippen molar-refractivity contribution in [2.75, 3.05) is 31.0 Å². The molecular weight excluding hydrogens is 396 g/mol. The molecule has 0 fully saturated rings. The zero-order valence-electron chi connectivity index (χ0n) is 17.3. The van der Waals surface area contributed by atoms with Crippen LogP contribution in [0.3, 0.4) is 0 Å². The van der Waals surface area contributed by atoms with Crippen molar-refractivity contribution in [1.29, 1.82) is 0 Å². The van der Waals surface area contributed by atoms with E-state index in [4.69, 9.17) is 14.2 Å². The lowest BCUT2D eigenvalue weighted by molar-refractivity contribution is -0.121. The normalized spacial score (nSPS) is 12.6. The molecule has 0 radical (unpaired) electrons. The Labute approximate surface area is 180 Å². The Balaban J connectivity index is 1.60. The number of nitrogens with zero attached hydrogens (tertiary/aromatic N) is 1. The van der Waals surface area contributed by atoms with Crippen molar-refractivity contribution in [3.05, 3.63) is 77.9 Å². The monoisotopic (exact) mass is 418 g/mol. The molecule has 0 atom stereocenters. The van der Waals surface area contributed by atoms with Crippen LogP contribution in [0.5, 0.6) is 17.2 Å². The van der Waals surface area contributed by atoms with Crippen LogP contribution in [0, 0.1) is 0 Å². The third kappa shape index (κ3) is 4.45. The smallest absolute Gasteiger partial charge is 0.265 e. The van der Waals surface area contributed by atoms with Crippen molar-refractivity contribution in [1.82, 2.24) is 0 Å². The van der Waals surface area contributed by atoms with Gasteiger partial charge >= 0.3 is 0 Å². The first-order valence-electron chi connectivity index (χ1n) is 9.73. The molecule has 1 aliphatic rings. The molecule has 1 heterocycles. The van der Waals surface area contributed by atoms with Crippen molar-refractivity contribution in [3.8, 4) is 17.2 Å². The molecule has 1 N–H and O–H groups in total. The summed E-state index contributed by atoms with van der Waals surface area (Å²) >= 11 is 0. The fourth-order valence-corrected chi connectivity index (χ4v) is 3.36. The Hall–Kier alpha value is -4.00. The van der Waals surface area contributed by atoms with Gasteiger partial charge in [-0.05, 0) is 35.9 Å².